The fourth-order valence-corrected chi connectivity index (χ4v) is 2.01. The van der Waals surface area contributed by atoms with Crippen LogP contribution in [-0.4, -0.2) is 16.5 Å². The van der Waals surface area contributed by atoms with Gasteiger partial charge >= 0.3 is 0 Å². The van der Waals surface area contributed by atoms with E-state index in [1.54, 1.807) is 0 Å². The number of nitrogens with two attached hydrogens (primary N) is 1. The molecule has 3 N–H and O–H groups in total. The lowest BCUT2D eigenvalue weighted by Gasteiger charge is -2.11. The van der Waals surface area contributed by atoms with Crippen molar-refractivity contribution < 1.29 is 4.79 Å². The summed E-state index contributed by atoms with van der Waals surface area (Å²) in [6.45, 7) is 2.63. The number of carbonyl (C=O) groups is 1. The summed E-state index contributed by atoms with van der Waals surface area (Å²) in [5.41, 5.74) is 8.24. The van der Waals surface area contributed by atoms with E-state index in [9.17, 15) is 4.79 Å². The first-order chi connectivity index (χ1) is 8.08. The highest BCUT2D eigenvalue weighted by Crippen LogP contribution is 2.32. The third-order valence-electron chi connectivity index (χ3n) is 3.59. The number of carbonyl (C=O) groups excluding carboxylic acids is 1. The van der Waals surface area contributed by atoms with Crippen LogP contribution in [0.4, 0.5) is 0 Å². The normalized spacial score (nSPS) is 16.9. The molecule has 4 nitrogen and oxygen atoms in total. The lowest BCUT2D eigenvalue weighted by molar-refractivity contribution is -0.121. The Hall–Kier alpha value is -1.29. The number of nitrogens with one attached hydrogen (secondary N) is 1. The third-order valence-corrected chi connectivity index (χ3v) is 3.59. The standard InChI is InChI=1S/C13H21N3O/c1-9-3-6-11(16(9)2)8-15-13(17)7-12(14)10-4-5-10/h3,6,10,12H,4-5,7-8,14H2,1-2H3,(H,15,17). The van der Waals surface area contributed by atoms with Gasteiger partial charge in [0.2, 0.25) is 5.91 Å². The van der Waals surface area contributed by atoms with Gasteiger partial charge in [-0.2, -0.15) is 0 Å². The molecule has 1 atom stereocenters. The fraction of sp³-hybridized carbons (Fsp3) is 0.615. The maximum absolute atomic E-state index is 11.7. The molecule has 94 valence electrons. The molecule has 0 saturated heterocycles. The zero-order valence-electron chi connectivity index (χ0n) is 10.6. The van der Waals surface area contributed by atoms with Crippen molar-refractivity contribution in [3.8, 4) is 0 Å². The highest BCUT2D eigenvalue weighted by molar-refractivity contribution is 5.76. The molecule has 1 aliphatic carbocycles. The summed E-state index contributed by atoms with van der Waals surface area (Å²) in [6, 6.07) is 4.14. The average molecular weight is 235 g/mol. The molecule has 0 bridgehead atoms. The molecule has 1 aromatic heterocycles. The first-order valence-electron chi connectivity index (χ1n) is 6.21. The molecule has 17 heavy (non-hydrogen) atoms. The largest absolute Gasteiger partial charge is 0.350 e. The second-order valence-corrected chi connectivity index (χ2v) is 5.01. The van der Waals surface area contributed by atoms with Crippen molar-refractivity contribution in [1.82, 2.24) is 9.88 Å². The van der Waals surface area contributed by atoms with Gasteiger partial charge in [-0.3, -0.25) is 4.79 Å². The van der Waals surface area contributed by atoms with E-state index in [2.05, 4.69) is 16.0 Å². The summed E-state index contributed by atoms with van der Waals surface area (Å²) in [6.07, 6.45) is 2.82. The third kappa shape index (κ3) is 3.09. The van der Waals surface area contributed by atoms with E-state index in [1.807, 2.05) is 20.0 Å². The number of rotatable bonds is 5. The van der Waals surface area contributed by atoms with E-state index < -0.39 is 0 Å². The number of aryl methyl sites for hydroxylation is 1. The van der Waals surface area contributed by atoms with E-state index in [0.29, 0.717) is 18.9 Å². The van der Waals surface area contributed by atoms with Crippen LogP contribution in [0.2, 0.25) is 0 Å². The Morgan fingerprint density at radius 3 is 2.82 bits per heavy atom. The SMILES string of the molecule is Cc1ccc(CNC(=O)CC(N)C2CC2)n1C. The van der Waals surface area contributed by atoms with Crippen LogP contribution in [0.3, 0.4) is 0 Å². The molecule has 1 aromatic rings. The van der Waals surface area contributed by atoms with Crippen molar-refractivity contribution in [1.29, 1.82) is 0 Å². The lowest BCUT2D eigenvalue weighted by Crippen LogP contribution is -2.33. The topological polar surface area (TPSA) is 60.1 Å². The van der Waals surface area contributed by atoms with Crippen LogP contribution in [0.1, 0.15) is 30.7 Å². The van der Waals surface area contributed by atoms with Crippen molar-refractivity contribution in [2.45, 2.75) is 38.8 Å². The average Bonchev–Trinajstić information content (AvgIpc) is 3.07. The monoisotopic (exact) mass is 235 g/mol. The van der Waals surface area contributed by atoms with Gasteiger partial charge in [0.1, 0.15) is 0 Å². The summed E-state index contributed by atoms with van der Waals surface area (Å²) < 4.78 is 2.08. The molecule has 1 amide bonds. The van der Waals surface area contributed by atoms with Crippen LogP contribution >= 0.6 is 0 Å². The van der Waals surface area contributed by atoms with E-state index in [4.69, 9.17) is 5.73 Å². The van der Waals surface area contributed by atoms with Crippen LogP contribution < -0.4 is 11.1 Å². The summed E-state index contributed by atoms with van der Waals surface area (Å²) in [7, 11) is 2.01. The van der Waals surface area contributed by atoms with Crippen molar-refractivity contribution in [3.05, 3.63) is 23.5 Å². The maximum Gasteiger partial charge on any atom is 0.221 e. The van der Waals surface area contributed by atoms with Crippen molar-refractivity contribution in [2.75, 3.05) is 0 Å². The Morgan fingerprint density at radius 2 is 2.29 bits per heavy atom. The highest BCUT2D eigenvalue weighted by atomic mass is 16.1. The summed E-state index contributed by atoms with van der Waals surface area (Å²) in [4.78, 5) is 11.7. The van der Waals surface area contributed by atoms with Gasteiger partial charge in [0.25, 0.3) is 0 Å². The van der Waals surface area contributed by atoms with Gasteiger partial charge in [-0.25, -0.2) is 0 Å². The second kappa shape index (κ2) is 4.92. The second-order valence-electron chi connectivity index (χ2n) is 5.01. The Labute approximate surface area is 102 Å². The molecule has 0 radical (unpaired) electrons. The van der Waals surface area contributed by atoms with Gasteiger partial charge in [-0.1, -0.05) is 0 Å². The van der Waals surface area contributed by atoms with Crippen LogP contribution in [0.25, 0.3) is 0 Å². The van der Waals surface area contributed by atoms with E-state index in [-0.39, 0.29) is 11.9 Å². The molecule has 4 heteroatoms. The number of hydrogen-bond donors (Lipinski definition) is 2. The highest BCUT2D eigenvalue weighted by Gasteiger charge is 2.29. The number of nitrogens with zero attached hydrogens (tertiary/aromatic N) is 1. The van der Waals surface area contributed by atoms with Gasteiger partial charge in [0.05, 0.1) is 6.54 Å². The zero-order valence-corrected chi connectivity index (χ0v) is 10.6. The number of amides is 1. The molecular formula is C13H21N3O. The van der Waals surface area contributed by atoms with Gasteiger partial charge in [-0.05, 0) is 37.8 Å². The van der Waals surface area contributed by atoms with E-state index in [1.165, 1.54) is 18.5 Å². The van der Waals surface area contributed by atoms with Gasteiger partial charge in [0.15, 0.2) is 0 Å². The Kier molecular flexibility index (Phi) is 3.52. The first-order valence-corrected chi connectivity index (χ1v) is 6.21. The predicted molar refractivity (Wildman–Crippen MR) is 67.3 cm³/mol. The zero-order chi connectivity index (χ0) is 12.4. The molecule has 1 unspecified atom stereocenters. The molecule has 1 saturated carbocycles. The van der Waals surface area contributed by atoms with Crippen LogP contribution in [0.15, 0.2) is 12.1 Å². The Balaban J connectivity index is 1.77. The predicted octanol–water partition coefficient (Wildman–Crippen LogP) is 1.08. The number of hydrogen-bond acceptors (Lipinski definition) is 2. The number of aromatic nitrogens is 1. The van der Waals surface area contributed by atoms with Crippen molar-refractivity contribution in [3.63, 3.8) is 0 Å². The van der Waals surface area contributed by atoms with Gasteiger partial charge in [-0.15, -0.1) is 0 Å². The van der Waals surface area contributed by atoms with Crippen LogP contribution in [0, 0.1) is 12.8 Å². The molecular weight excluding hydrogens is 214 g/mol. The molecule has 0 aliphatic heterocycles. The molecule has 1 fully saturated rings. The summed E-state index contributed by atoms with van der Waals surface area (Å²) in [5, 5.41) is 2.93. The summed E-state index contributed by atoms with van der Waals surface area (Å²) >= 11 is 0. The molecule has 1 heterocycles. The van der Waals surface area contributed by atoms with E-state index in [0.717, 1.165) is 5.69 Å². The Bertz CT molecular complexity index is 407. The minimum atomic E-state index is 0.0464. The molecule has 0 spiro atoms. The fourth-order valence-electron chi connectivity index (χ4n) is 2.01. The minimum Gasteiger partial charge on any atom is -0.350 e. The minimum absolute atomic E-state index is 0.0464. The van der Waals surface area contributed by atoms with Crippen LogP contribution in [-0.2, 0) is 18.4 Å². The molecule has 0 aromatic carbocycles. The van der Waals surface area contributed by atoms with Crippen LogP contribution in [0.5, 0.6) is 0 Å². The van der Waals surface area contributed by atoms with Gasteiger partial charge in [0, 0.05) is 30.9 Å². The molecule has 2 rings (SSSR count). The summed E-state index contributed by atoms with van der Waals surface area (Å²) in [5.74, 6) is 0.640. The smallest absolute Gasteiger partial charge is 0.221 e. The quantitative estimate of drug-likeness (QED) is 0.802. The lowest BCUT2D eigenvalue weighted by atomic mass is 10.1. The van der Waals surface area contributed by atoms with Gasteiger partial charge < -0.3 is 15.6 Å². The van der Waals surface area contributed by atoms with Crippen molar-refractivity contribution >= 4 is 5.91 Å². The first kappa shape index (κ1) is 12.2. The molecule has 1 aliphatic rings. The maximum atomic E-state index is 11.7. The Morgan fingerprint density at radius 1 is 1.59 bits per heavy atom. The van der Waals surface area contributed by atoms with Crippen molar-refractivity contribution in [2.24, 2.45) is 18.7 Å². The van der Waals surface area contributed by atoms with E-state index >= 15 is 0 Å².